The highest BCUT2D eigenvalue weighted by Gasteiger charge is 2.28. The van der Waals surface area contributed by atoms with Crippen LogP contribution in [0.2, 0.25) is 0 Å². The number of hydrogen-bond acceptors (Lipinski definition) is 7. The van der Waals surface area contributed by atoms with Crippen molar-refractivity contribution >= 4 is 28.5 Å². The Balaban J connectivity index is 1.65. The SMILES string of the molecule is CC(C)(C)NC(=O)N1CCCC(COc2cccc3c2C(N)=NS(O)(O)N3)C1. The fourth-order valence-electron chi connectivity index (χ4n) is 3.35. The molecule has 28 heavy (non-hydrogen) atoms. The number of urea groups is 1. The van der Waals surface area contributed by atoms with Crippen LogP contribution in [-0.4, -0.2) is 51.1 Å². The van der Waals surface area contributed by atoms with Crippen molar-refractivity contribution in [2.24, 2.45) is 16.0 Å². The van der Waals surface area contributed by atoms with Crippen molar-refractivity contribution in [2.45, 2.75) is 39.2 Å². The Morgan fingerprint density at radius 3 is 2.93 bits per heavy atom. The van der Waals surface area contributed by atoms with Crippen LogP contribution in [0.3, 0.4) is 0 Å². The van der Waals surface area contributed by atoms with Crippen molar-refractivity contribution in [2.75, 3.05) is 24.4 Å². The van der Waals surface area contributed by atoms with Crippen LogP contribution in [0.5, 0.6) is 5.75 Å². The topological polar surface area (TPSA) is 132 Å². The summed E-state index contributed by atoms with van der Waals surface area (Å²) in [4.78, 5) is 14.2. The second-order valence-corrected chi connectivity index (χ2v) is 9.65. The Morgan fingerprint density at radius 2 is 2.21 bits per heavy atom. The van der Waals surface area contributed by atoms with E-state index in [0.29, 0.717) is 30.2 Å². The average Bonchev–Trinajstić information content (AvgIpc) is 2.57. The number of fused-ring (bicyclic) bond motifs is 1. The number of carbonyl (C=O) groups excluding carboxylic acids is 1. The minimum atomic E-state index is -3.32. The van der Waals surface area contributed by atoms with Crippen LogP contribution in [0.4, 0.5) is 10.5 Å². The summed E-state index contributed by atoms with van der Waals surface area (Å²) in [5.74, 6) is 0.752. The number of likely N-dealkylation sites (tertiary alicyclic amines) is 1. The van der Waals surface area contributed by atoms with Gasteiger partial charge < -0.3 is 20.7 Å². The third kappa shape index (κ3) is 5.00. The molecule has 1 saturated heterocycles. The molecule has 156 valence electrons. The van der Waals surface area contributed by atoms with Crippen molar-refractivity contribution in [3.05, 3.63) is 23.8 Å². The molecular weight excluding hydrogens is 382 g/mol. The Morgan fingerprint density at radius 1 is 1.46 bits per heavy atom. The molecule has 2 amide bonds. The van der Waals surface area contributed by atoms with E-state index in [-0.39, 0.29) is 23.3 Å². The van der Waals surface area contributed by atoms with Gasteiger partial charge in [-0.2, -0.15) is 0 Å². The standard InChI is InChI=1S/C18H29N5O4S/c1-18(2,3)20-17(24)23-9-5-6-12(10-23)11-27-14-8-4-7-13-15(14)16(19)22-28(25,26)21-13/h4,7-8,12,21,25-26H,5-6,9-11H2,1-3H3,(H2,19,22)(H,20,24). The van der Waals surface area contributed by atoms with Crippen LogP contribution >= 0.6 is 11.0 Å². The number of benzene rings is 1. The predicted octanol–water partition coefficient (Wildman–Crippen LogP) is 3.00. The molecule has 1 fully saturated rings. The van der Waals surface area contributed by atoms with E-state index in [1.165, 1.54) is 0 Å². The molecule has 6 N–H and O–H groups in total. The van der Waals surface area contributed by atoms with Crippen LogP contribution in [0.15, 0.2) is 22.6 Å². The predicted molar refractivity (Wildman–Crippen MR) is 112 cm³/mol. The molecule has 0 saturated carbocycles. The van der Waals surface area contributed by atoms with Crippen molar-refractivity contribution < 1.29 is 18.6 Å². The van der Waals surface area contributed by atoms with Gasteiger partial charge in [0.2, 0.25) is 0 Å². The number of rotatable bonds is 3. The lowest BCUT2D eigenvalue weighted by atomic mass is 9.99. The zero-order valence-corrected chi connectivity index (χ0v) is 17.3. The lowest BCUT2D eigenvalue weighted by Crippen LogP contribution is -2.51. The van der Waals surface area contributed by atoms with Crippen LogP contribution in [0.1, 0.15) is 39.2 Å². The fraction of sp³-hybridized carbons (Fsp3) is 0.556. The van der Waals surface area contributed by atoms with E-state index >= 15 is 0 Å². The summed E-state index contributed by atoms with van der Waals surface area (Å²) in [6, 6.07) is 5.16. The molecule has 0 bridgehead atoms. The molecule has 0 aromatic heterocycles. The van der Waals surface area contributed by atoms with Gasteiger partial charge >= 0.3 is 6.03 Å². The van der Waals surface area contributed by atoms with E-state index in [9.17, 15) is 13.9 Å². The molecule has 0 aliphatic carbocycles. The van der Waals surface area contributed by atoms with Crippen molar-refractivity contribution in [3.63, 3.8) is 0 Å². The van der Waals surface area contributed by atoms with Gasteiger partial charge in [0, 0.05) is 24.5 Å². The third-order valence-corrected chi connectivity index (χ3v) is 5.46. The lowest BCUT2D eigenvalue weighted by Gasteiger charge is -2.35. The molecule has 2 aliphatic heterocycles. The van der Waals surface area contributed by atoms with Gasteiger partial charge in [-0.1, -0.05) is 6.07 Å². The van der Waals surface area contributed by atoms with Gasteiger partial charge in [-0.3, -0.25) is 13.8 Å². The van der Waals surface area contributed by atoms with E-state index in [1.54, 1.807) is 18.2 Å². The van der Waals surface area contributed by atoms with Crippen LogP contribution < -0.4 is 20.5 Å². The maximum atomic E-state index is 12.4. The number of piperidine rings is 1. The molecule has 1 atom stereocenters. The van der Waals surface area contributed by atoms with Crippen LogP contribution in [0.25, 0.3) is 0 Å². The first-order valence-corrected chi connectivity index (χ1v) is 10.8. The van der Waals surface area contributed by atoms with Gasteiger partial charge in [0.25, 0.3) is 0 Å². The van der Waals surface area contributed by atoms with Crippen molar-refractivity contribution in [3.8, 4) is 5.75 Å². The number of amides is 2. The van der Waals surface area contributed by atoms with E-state index < -0.39 is 11.0 Å². The maximum Gasteiger partial charge on any atom is 0.317 e. The molecular formula is C18H29N5O4S. The summed E-state index contributed by atoms with van der Waals surface area (Å²) in [6.45, 7) is 7.68. The van der Waals surface area contributed by atoms with Gasteiger partial charge in [-0.25, -0.2) is 4.79 Å². The first-order chi connectivity index (χ1) is 13.0. The molecule has 0 radical (unpaired) electrons. The third-order valence-electron chi connectivity index (χ3n) is 4.52. The maximum absolute atomic E-state index is 12.4. The minimum Gasteiger partial charge on any atom is -0.492 e. The Kier molecular flexibility index (Phi) is 5.64. The molecule has 9 nitrogen and oxygen atoms in total. The molecule has 1 aromatic carbocycles. The normalized spacial score (nSPS) is 22.4. The lowest BCUT2D eigenvalue weighted by molar-refractivity contribution is 0.133. The Bertz CT molecular complexity index is 778. The number of nitrogens with one attached hydrogen (secondary N) is 2. The minimum absolute atomic E-state index is 0.0270. The highest BCUT2D eigenvalue weighted by molar-refractivity contribution is 8.24. The Hall–Kier alpha value is -2.17. The van der Waals surface area contributed by atoms with Gasteiger partial charge in [-0.15, -0.1) is 4.40 Å². The zero-order chi connectivity index (χ0) is 20.5. The quantitative estimate of drug-likeness (QED) is 0.519. The smallest absolute Gasteiger partial charge is 0.317 e. The molecule has 2 heterocycles. The first kappa shape index (κ1) is 20.6. The molecule has 10 heteroatoms. The molecule has 0 spiro atoms. The van der Waals surface area contributed by atoms with E-state index in [1.807, 2.05) is 25.7 Å². The molecule has 1 unspecified atom stereocenters. The summed E-state index contributed by atoms with van der Waals surface area (Å²) in [6.07, 6.45) is 1.89. The molecule has 1 aromatic rings. The second-order valence-electron chi connectivity index (χ2n) is 8.22. The number of carbonyl (C=O) groups is 1. The number of nitrogens with zero attached hydrogens (tertiary/aromatic N) is 2. The Labute approximate surface area is 167 Å². The fourth-order valence-corrected chi connectivity index (χ4v) is 4.22. The number of ether oxygens (including phenoxy) is 1. The van der Waals surface area contributed by atoms with Crippen LogP contribution in [0, 0.1) is 5.92 Å². The second kappa shape index (κ2) is 7.69. The summed E-state index contributed by atoms with van der Waals surface area (Å²) in [5.41, 5.74) is 6.64. The van der Waals surface area contributed by atoms with E-state index in [0.717, 1.165) is 19.4 Å². The zero-order valence-electron chi connectivity index (χ0n) is 16.4. The largest absolute Gasteiger partial charge is 0.492 e. The summed E-state index contributed by atoms with van der Waals surface area (Å²) < 4.78 is 31.8. The molecule has 3 rings (SSSR count). The number of hydrogen-bond donors (Lipinski definition) is 5. The van der Waals surface area contributed by atoms with Gasteiger partial charge in [-0.05, 0) is 56.7 Å². The van der Waals surface area contributed by atoms with Crippen molar-refractivity contribution in [1.29, 1.82) is 0 Å². The van der Waals surface area contributed by atoms with Gasteiger partial charge in [0.15, 0.2) is 5.84 Å². The van der Waals surface area contributed by atoms with Gasteiger partial charge in [0.05, 0.1) is 17.9 Å². The monoisotopic (exact) mass is 411 g/mol. The highest BCUT2D eigenvalue weighted by atomic mass is 32.3. The number of nitrogens with two attached hydrogens (primary N) is 1. The summed E-state index contributed by atoms with van der Waals surface area (Å²) >= 11 is 0. The first-order valence-electron chi connectivity index (χ1n) is 9.29. The van der Waals surface area contributed by atoms with E-state index in [2.05, 4.69) is 14.4 Å². The average molecular weight is 412 g/mol. The van der Waals surface area contributed by atoms with Crippen molar-refractivity contribution in [1.82, 2.24) is 10.2 Å². The highest BCUT2D eigenvalue weighted by Crippen LogP contribution is 2.46. The number of amidine groups is 1. The van der Waals surface area contributed by atoms with Crippen LogP contribution in [-0.2, 0) is 0 Å². The van der Waals surface area contributed by atoms with Gasteiger partial charge in [0.1, 0.15) is 5.75 Å². The molecule has 2 aliphatic rings. The summed E-state index contributed by atoms with van der Waals surface area (Å²) in [7, 11) is -3.32. The van der Waals surface area contributed by atoms with E-state index in [4.69, 9.17) is 10.5 Å². The summed E-state index contributed by atoms with van der Waals surface area (Å²) in [5, 5.41) is 3.00. The number of anilines is 1.